The van der Waals surface area contributed by atoms with Crippen LogP contribution in [0.5, 0.6) is 0 Å². The van der Waals surface area contributed by atoms with Crippen LogP contribution in [-0.4, -0.2) is 69.7 Å². The molecule has 0 aliphatic carbocycles. The van der Waals surface area contributed by atoms with Gasteiger partial charge in [0.25, 0.3) is 5.91 Å². The van der Waals surface area contributed by atoms with E-state index in [4.69, 9.17) is 11.6 Å². The van der Waals surface area contributed by atoms with Crippen molar-refractivity contribution in [3.63, 3.8) is 0 Å². The number of halogens is 1. The zero-order chi connectivity index (χ0) is 19.3. The zero-order valence-electron chi connectivity index (χ0n) is 16.2. The molecule has 28 heavy (non-hydrogen) atoms. The van der Waals surface area contributed by atoms with Gasteiger partial charge in [-0.05, 0) is 24.3 Å². The van der Waals surface area contributed by atoms with Gasteiger partial charge in [0.05, 0.1) is 61.6 Å². The van der Waals surface area contributed by atoms with Crippen LogP contribution in [0.25, 0.3) is 0 Å². The molecule has 0 saturated carbocycles. The lowest BCUT2D eigenvalue weighted by atomic mass is 10.2. The molecule has 4 rings (SSSR count). The summed E-state index contributed by atoms with van der Waals surface area (Å²) >= 11 is 7.70. The molecule has 2 aliphatic heterocycles. The van der Waals surface area contributed by atoms with Crippen LogP contribution in [-0.2, 0) is 11.3 Å². The summed E-state index contributed by atoms with van der Waals surface area (Å²) in [5.74, 6) is 0.321. The maximum absolute atomic E-state index is 12.8. The number of carbonyl (C=O) groups is 1. The molecule has 0 bridgehead atoms. The van der Waals surface area contributed by atoms with Crippen LogP contribution in [0, 0.1) is 0 Å². The number of quaternary nitrogens is 2. The summed E-state index contributed by atoms with van der Waals surface area (Å²) in [6.07, 6.45) is 0. The summed E-state index contributed by atoms with van der Waals surface area (Å²) in [6.45, 7) is 9.56. The van der Waals surface area contributed by atoms with E-state index in [1.165, 1.54) is 15.5 Å². The summed E-state index contributed by atoms with van der Waals surface area (Å²) in [5.41, 5.74) is 1.29. The fraction of sp³-hybridized carbons (Fsp3) is 0.476. The van der Waals surface area contributed by atoms with E-state index in [0.29, 0.717) is 12.5 Å². The third kappa shape index (κ3) is 5.06. The van der Waals surface area contributed by atoms with E-state index < -0.39 is 0 Å². The van der Waals surface area contributed by atoms with Crippen molar-refractivity contribution < 1.29 is 14.6 Å². The van der Waals surface area contributed by atoms with Crippen molar-refractivity contribution in [1.82, 2.24) is 4.90 Å². The minimum Gasteiger partial charge on any atom is -0.360 e. The van der Waals surface area contributed by atoms with Crippen LogP contribution in [0.1, 0.15) is 4.88 Å². The molecule has 7 heteroatoms. The van der Waals surface area contributed by atoms with E-state index in [1.54, 1.807) is 16.2 Å². The Balaban J connectivity index is 1.19. The third-order valence-corrected chi connectivity index (χ3v) is 7.10. The molecular weight excluding hydrogens is 392 g/mol. The topological polar surface area (TPSA) is 32.4 Å². The normalized spacial score (nSPS) is 19.2. The van der Waals surface area contributed by atoms with Gasteiger partial charge in [-0.2, -0.15) is 0 Å². The van der Waals surface area contributed by atoms with Gasteiger partial charge in [0.15, 0.2) is 6.54 Å². The van der Waals surface area contributed by atoms with Crippen LogP contribution in [0.15, 0.2) is 42.5 Å². The van der Waals surface area contributed by atoms with Gasteiger partial charge in [-0.1, -0.05) is 29.8 Å². The van der Waals surface area contributed by atoms with Gasteiger partial charge in [0.2, 0.25) is 0 Å². The molecule has 0 spiro atoms. The quantitative estimate of drug-likeness (QED) is 0.715. The highest BCUT2D eigenvalue weighted by Crippen LogP contribution is 2.20. The SMILES string of the molecule is O=C(C[NH+]1CCN(c2ccccc2)CC1)N1CC[NH+](Cc2ccc(Cl)s2)CC1. The molecule has 1 aromatic carbocycles. The van der Waals surface area contributed by atoms with E-state index in [0.717, 1.165) is 63.2 Å². The van der Waals surface area contributed by atoms with E-state index in [1.807, 2.05) is 6.07 Å². The Morgan fingerprint density at radius 2 is 1.61 bits per heavy atom. The average Bonchev–Trinajstić information content (AvgIpc) is 3.14. The molecule has 150 valence electrons. The molecule has 2 fully saturated rings. The van der Waals surface area contributed by atoms with Crippen molar-refractivity contribution in [2.75, 3.05) is 63.8 Å². The largest absolute Gasteiger partial charge is 0.360 e. The molecule has 2 aromatic rings. The van der Waals surface area contributed by atoms with Crippen molar-refractivity contribution in [2.45, 2.75) is 6.54 Å². The Morgan fingerprint density at radius 1 is 0.929 bits per heavy atom. The van der Waals surface area contributed by atoms with Crippen molar-refractivity contribution in [3.8, 4) is 0 Å². The van der Waals surface area contributed by atoms with Crippen LogP contribution >= 0.6 is 22.9 Å². The molecular formula is C21H29ClN4OS+2. The van der Waals surface area contributed by atoms with E-state index in [-0.39, 0.29) is 0 Å². The molecule has 1 amide bonds. The molecule has 2 aliphatic rings. The monoisotopic (exact) mass is 420 g/mol. The lowest BCUT2D eigenvalue weighted by molar-refractivity contribution is -0.917. The lowest BCUT2D eigenvalue weighted by Crippen LogP contribution is -3.16. The Bertz CT molecular complexity index is 768. The standard InChI is InChI=1S/C21H27ClN4OS/c22-20-7-6-19(28-20)16-23-10-14-26(15-11-23)21(27)17-24-8-12-25(13-9-24)18-4-2-1-3-5-18/h1-7H,8-17H2/p+2. The molecule has 2 saturated heterocycles. The summed E-state index contributed by atoms with van der Waals surface area (Å²) in [7, 11) is 0. The number of hydrogen-bond donors (Lipinski definition) is 2. The fourth-order valence-electron chi connectivity index (χ4n) is 4.16. The molecule has 5 nitrogen and oxygen atoms in total. The average molecular weight is 421 g/mol. The van der Waals surface area contributed by atoms with Gasteiger partial charge in [-0.15, -0.1) is 11.3 Å². The summed E-state index contributed by atoms with van der Waals surface area (Å²) in [4.78, 5) is 21.5. The maximum Gasteiger partial charge on any atom is 0.278 e. The van der Waals surface area contributed by atoms with Crippen molar-refractivity contribution in [1.29, 1.82) is 0 Å². The first-order chi connectivity index (χ1) is 13.7. The molecule has 2 N–H and O–H groups in total. The Morgan fingerprint density at radius 3 is 2.25 bits per heavy atom. The first kappa shape index (κ1) is 19.7. The van der Waals surface area contributed by atoms with E-state index >= 15 is 0 Å². The number of anilines is 1. The van der Waals surface area contributed by atoms with Gasteiger partial charge in [-0.25, -0.2) is 0 Å². The molecule has 0 unspecified atom stereocenters. The number of nitrogens with one attached hydrogen (secondary N) is 2. The highest BCUT2D eigenvalue weighted by atomic mass is 35.5. The van der Waals surface area contributed by atoms with Crippen LogP contribution < -0.4 is 14.7 Å². The number of piperazine rings is 2. The summed E-state index contributed by atoms with van der Waals surface area (Å²) < 4.78 is 0.860. The van der Waals surface area contributed by atoms with Gasteiger partial charge in [-0.3, -0.25) is 4.79 Å². The number of benzene rings is 1. The van der Waals surface area contributed by atoms with Crippen LogP contribution in [0.4, 0.5) is 5.69 Å². The number of nitrogens with zero attached hydrogens (tertiary/aromatic N) is 2. The first-order valence-corrected chi connectivity index (χ1v) is 11.4. The summed E-state index contributed by atoms with van der Waals surface area (Å²) in [6, 6.07) is 14.7. The number of hydrogen-bond acceptors (Lipinski definition) is 3. The number of carbonyl (C=O) groups excluding carboxylic acids is 1. The predicted molar refractivity (Wildman–Crippen MR) is 115 cm³/mol. The highest BCUT2D eigenvalue weighted by Gasteiger charge is 2.28. The van der Waals surface area contributed by atoms with Crippen LogP contribution in [0.3, 0.4) is 0 Å². The van der Waals surface area contributed by atoms with Crippen LogP contribution in [0.2, 0.25) is 4.34 Å². The number of amides is 1. The predicted octanol–water partition coefficient (Wildman–Crippen LogP) is 0.0337. The second kappa shape index (κ2) is 9.27. The van der Waals surface area contributed by atoms with E-state index in [9.17, 15) is 4.79 Å². The van der Waals surface area contributed by atoms with Gasteiger partial charge < -0.3 is 19.6 Å². The minimum atomic E-state index is 0.321. The second-order valence-corrected chi connectivity index (χ2v) is 9.56. The van der Waals surface area contributed by atoms with Gasteiger partial charge >= 0.3 is 0 Å². The minimum absolute atomic E-state index is 0.321. The van der Waals surface area contributed by atoms with E-state index in [2.05, 4.69) is 46.2 Å². The number of rotatable bonds is 5. The lowest BCUT2D eigenvalue weighted by Gasteiger charge is -2.35. The van der Waals surface area contributed by atoms with Gasteiger partial charge in [0.1, 0.15) is 6.54 Å². The zero-order valence-corrected chi connectivity index (χ0v) is 17.8. The third-order valence-electron chi connectivity index (χ3n) is 5.87. The smallest absolute Gasteiger partial charge is 0.278 e. The Kier molecular flexibility index (Phi) is 6.52. The molecule has 3 heterocycles. The highest BCUT2D eigenvalue weighted by molar-refractivity contribution is 7.16. The maximum atomic E-state index is 12.8. The molecule has 1 aromatic heterocycles. The first-order valence-electron chi connectivity index (χ1n) is 10.2. The number of thiophene rings is 1. The fourth-order valence-corrected chi connectivity index (χ4v) is 5.32. The van der Waals surface area contributed by atoms with Crippen molar-refractivity contribution >= 4 is 34.5 Å². The Hall–Kier alpha value is -1.60. The number of para-hydroxylation sites is 1. The Labute approximate surface area is 176 Å². The second-order valence-electron chi connectivity index (χ2n) is 7.76. The molecule has 0 atom stereocenters. The summed E-state index contributed by atoms with van der Waals surface area (Å²) in [5, 5.41) is 0. The van der Waals surface area contributed by atoms with Gasteiger partial charge in [0, 0.05) is 5.69 Å². The van der Waals surface area contributed by atoms with Crippen molar-refractivity contribution in [3.05, 3.63) is 51.7 Å². The van der Waals surface area contributed by atoms with Crippen molar-refractivity contribution in [2.24, 2.45) is 0 Å². The molecule has 0 radical (unpaired) electrons.